The molecule has 0 spiro atoms. The molecule has 0 aliphatic carbocycles. The molecule has 0 aromatic carbocycles. The van der Waals surface area contributed by atoms with Crippen LogP contribution in [0.4, 0.5) is 0 Å². The van der Waals surface area contributed by atoms with Crippen LogP contribution in [0.3, 0.4) is 0 Å². The zero-order chi connectivity index (χ0) is 14.2. The number of nitrogens with two attached hydrogens (primary N) is 1. The third-order valence-corrected chi connectivity index (χ3v) is 12.2. The van der Waals surface area contributed by atoms with Gasteiger partial charge in [0.2, 0.25) is 0 Å². The zero-order valence-corrected chi connectivity index (χ0v) is 14.9. The highest BCUT2D eigenvalue weighted by atomic mass is 28.4. The summed E-state index contributed by atoms with van der Waals surface area (Å²) < 4.78 is 18.1. The van der Waals surface area contributed by atoms with E-state index in [1.807, 2.05) is 20.8 Å². The summed E-state index contributed by atoms with van der Waals surface area (Å²) >= 11 is 0. The van der Waals surface area contributed by atoms with Gasteiger partial charge >= 0.3 is 8.80 Å². The molecule has 0 fully saturated rings. The van der Waals surface area contributed by atoms with E-state index < -0.39 is 16.9 Å². The lowest BCUT2D eigenvalue weighted by Gasteiger charge is -2.41. The smallest absolute Gasteiger partial charge is 0.374 e. The van der Waals surface area contributed by atoms with Gasteiger partial charge in [0.25, 0.3) is 0 Å². The number of hydrogen-bond donors (Lipinski definition) is 1. The van der Waals surface area contributed by atoms with Crippen LogP contribution in [0.5, 0.6) is 0 Å². The SMILES string of the molecule is CCO[Si](OCC)(OCC)C(CCN)[Si](C)(C)C. The van der Waals surface area contributed by atoms with Crippen molar-refractivity contribution in [2.24, 2.45) is 5.73 Å². The van der Waals surface area contributed by atoms with Gasteiger partial charge in [0.05, 0.1) is 8.07 Å². The highest BCUT2D eigenvalue weighted by molar-refractivity contribution is 6.90. The van der Waals surface area contributed by atoms with Gasteiger partial charge in [-0.05, 0) is 33.7 Å². The summed E-state index contributed by atoms with van der Waals surface area (Å²) in [6.45, 7) is 15.6. The molecule has 2 N–H and O–H groups in total. The lowest BCUT2D eigenvalue weighted by molar-refractivity contribution is 0.0666. The second-order valence-electron chi connectivity index (χ2n) is 5.40. The van der Waals surface area contributed by atoms with Crippen molar-refractivity contribution in [2.75, 3.05) is 26.4 Å². The molecule has 0 radical (unpaired) electrons. The first-order valence-electron chi connectivity index (χ1n) is 6.99. The molecular weight excluding hydrogens is 262 g/mol. The fourth-order valence-electron chi connectivity index (χ4n) is 2.34. The van der Waals surface area contributed by atoms with Crippen molar-refractivity contribution < 1.29 is 13.3 Å². The molecule has 4 nitrogen and oxygen atoms in total. The molecule has 0 heterocycles. The summed E-state index contributed by atoms with van der Waals surface area (Å²) in [6.07, 6.45) is 0.932. The van der Waals surface area contributed by atoms with Gasteiger partial charge in [-0.15, -0.1) is 0 Å². The van der Waals surface area contributed by atoms with Gasteiger partial charge < -0.3 is 19.0 Å². The summed E-state index contributed by atoms with van der Waals surface area (Å²) in [5, 5.41) is 0.370. The molecule has 0 saturated carbocycles. The van der Waals surface area contributed by atoms with Crippen molar-refractivity contribution in [1.82, 2.24) is 0 Å². The Balaban J connectivity index is 5.28. The summed E-state index contributed by atoms with van der Waals surface area (Å²) in [5.74, 6) is 0. The maximum Gasteiger partial charge on any atom is 0.501 e. The molecule has 1 atom stereocenters. The lowest BCUT2D eigenvalue weighted by atomic mass is 10.5. The van der Waals surface area contributed by atoms with Crippen LogP contribution in [0, 0.1) is 0 Å². The fraction of sp³-hybridized carbons (Fsp3) is 1.00. The topological polar surface area (TPSA) is 53.7 Å². The van der Waals surface area contributed by atoms with E-state index in [0.29, 0.717) is 31.5 Å². The predicted octanol–water partition coefficient (Wildman–Crippen LogP) is 2.63. The van der Waals surface area contributed by atoms with Gasteiger partial charge in [0.15, 0.2) is 0 Å². The van der Waals surface area contributed by atoms with Crippen LogP contribution in [0.25, 0.3) is 0 Å². The summed E-state index contributed by atoms with van der Waals surface area (Å²) in [4.78, 5) is 0. The van der Waals surface area contributed by atoms with E-state index in [4.69, 9.17) is 19.0 Å². The highest BCUT2D eigenvalue weighted by Crippen LogP contribution is 2.37. The van der Waals surface area contributed by atoms with Crippen LogP contribution in [0.15, 0.2) is 0 Å². The van der Waals surface area contributed by atoms with E-state index in [2.05, 4.69) is 19.6 Å². The van der Waals surface area contributed by atoms with Gasteiger partial charge in [0, 0.05) is 25.0 Å². The minimum Gasteiger partial charge on any atom is -0.374 e. The number of rotatable bonds is 10. The molecule has 1 unspecified atom stereocenters. The van der Waals surface area contributed by atoms with E-state index in [1.165, 1.54) is 0 Å². The van der Waals surface area contributed by atoms with Crippen LogP contribution in [-0.4, -0.2) is 43.2 Å². The second kappa shape index (κ2) is 8.45. The van der Waals surface area contributed by atoms with Gasteiger partial charge in [-0.25, -0.2) is 0 Å². The van der Waals surface area contributed by atoms with Crippen LogP contribution in [-0.2, 0) is 13.3 Å². The monoisotopic (exact) mass is 293 g/mol. The van der Waals surface area contributed by atoms with Crippen LogP contribution >= 0.6 is 0 Å². The van der Waals surface area contributed by atoms with Crippen LogP contribution < -0.4 is 5.73 Å². The van der Waals surface area contributed by atoms with Gasteiger partial charge in [0.1, 0.15) is 0 Å². The van der Waals surface area contributed by atoms with Crippen molar-refractivity contribution in [3.8, 4) is 0 Å². The third kappa shape index (κ3) is 5.10. The van der Waals surface area contributed by atoms with E-state index in [9.17, 15) is 0 Å². The van der Waals surface area contributed by atoms with Crippen molar-refractivity contribution in [3.63, 3.8) is 0 Å². The average Bonchev–Trinajstić information content (AvgIpc) is 2.25. The fourth-order valence-corrected chi connectivity index (χ4v) is 10.9. The quantitative estimate of drug-likeness (QED) is 0.629. The Morgan fingerprint density at radius 3 is 1.50 bits per heavy atom. The van der Waals surface area contributed by atoms with Gasteiger partial charge in [-0.3, -0.25) is 0 Å². The maximum absolute atomic E-state index is 6.03. The standard InChI is InChI=1S/C12H31NO3Si2/c1-7-14-18(15-8-2,16-9-3)12(10-11-13)17(4,5)6/h12H,7-11,13H2,1-6H3. The molecule has 0 saturated heterocycles. The maximum atomic E-state index is 6.03. The normalized spacial score (nSPS) is 14.8. The highest BCUT2D eigenvalue weighted by Gasteiger charge is 2.53. The van der Waals surface area contributed by atoms with E-state index in [-0.39, 0.29) is 0 Å². The van der Waals surface area contributed by atoms with Crippen LogP contribution in [0.2, 0.25) is 24.8 Å². The van der Waals surface area contributed by atoms with Crippen molar-refractivity contribution >= 4 is 16.9 Å². The molecule has 0 amide bonds. The Morgan fingerprint density at radius 1 is 0.889 bits per heavy atom. The molecule has 0 bridgehead atoms. The molecule has 0 aliphatic heterocycles. The number of hydrogen-bond acceptors (Lipinski definition) is 4. The van der Waals surface area contributed by atoms with Crippen molar-refractivity contribution in [2.45, 2.75) is 52.0 Å². The lowest BCUT2D eigenvalue weighted by Crippen LogP contribution is -2.57. The Morgan fingerprint density at radius 2 is 1.28 bits per heavy atom. The first kappa shape index (κ1) is 18.3. The Kier molecular flexibility index (Phi) is 8.57. The second-order valence-corrected chi connectivity index (χ2v) is 14.2. The van der Waals surface area contributed by atoms with Gasteiger partial charge in [-0.1, -0.05) is 19.6 Å². The molecule has 0 aromatic rings. The molecule has 0 aliphatic rings. The Bertz CT molecular complexity index is 205. The van der Waals surface area contributed by atoms with Gasteiger partial charge in [-0.2, -0.15) is 0 Å². The van der Waals surface area contributed by atoms with Crippen molar-refractivity contribution in [1.29, 1.82) is 0 Å². The molecule has 0 rings (SSSR count). The molecule has 18 heavy (non-hydrogen) atoms. The van der Waals surface area contributed by atoms with E-state index in [0.717, 1.165) is 6.42 Å². The molecule has 6 heteroatoms. The van der Waals surface area contributed by atoms with E-state index >= 15 is 0 Å². The average molecular weight is 294 g/mol. The minimum atomic E-state index is -2.60. The molecule has 110 valence electrons. The minimum absolute atomic E-state index is 0.370. The molecule has 0 aromatic heterocycles. The Hall–Kier alpha value is 0.274. The first-order valence-corrected chi connectivity index (χ1v) is 12.4. The first-order chi connectivity index (χ1) is 8.37. The zero-order valence-electron chi connectivity index (χ0n) is 12.9. The summed E-state index contributed by atoms with van der Waals surface area (Å²) in [5.41, 5.74) is 5.79. The van der Waals surface area contributed by atoms with Crippen molar-refractivity contribution in [3.05, 3.63) is 0 Å². The molecular formula is C12H31NO3Si2. The third-order valence-electron chi connectivity index (χ3n) is 2.96. The summed E-state index contributed by atoms with van der Waals surface area (Å²) in [6, 6.07) is 0. The predicted molar refractivity (Wildman–Crippen MR) is 81.4 cm³/mol. The Labute approximate surface area is 115 Å². The van der Waals surface area contributed by atoms with E-state index in [1.54, 1.807) is 0 Å². The largest absolute Gasteiger partial charge is 0.501 e. The summed E-state index contributed by atoms with van der Waals surface area (Å²) in [7, 11) is -4.05. The van der Waals surface area contributed by atoms with Crippen LogP contribution in [0.1, 0.15) is 27.2 Å².